The number of hydrogen-bond donors (Lipinski definition) is 0. The summed E-state index contributed by atoms with van der Waals surface area (Å²) in [4.78, 5) is 8.20. The molecule has 0 aromatic heterocycles. The minimum Gasteiger partial charge on any atom is -0.302 e. The van der Waals surface area contributed by atoms with E-state index in [-0.39, 0.29) is 0 Å². The van der Waals surface area contributed by atoms with Gasteiger partial charge in [-0.2, -0.15) is 0 Å². The Morgan fingerprint density at radius 2 is 1.40 bits per heavy atom. The molecule has 3 heteroatoms. The fourth-order valence-corrected chi connectivity index (χ4v) is 4.41. The van der Waals surface area contributed by atoms with Crippen molar-refractivity contribution in [1.82, 2.24) is 14.7 Å². The van der Waals surface area contributed by atoms with Gasteiger partial charge in [0, 0.05) is 32.2 Å². The summed E-state index contributed by atoms with van der Waals surface area (Å²) in [7, 11) is 0. The predicted octanol–water partition coefficient (Wildman–Crippen LogP) is 2.28. The van der Waals surface area contributed by atoms with Crippen LogP contribution in [0.5, 0.6) is 0 Å². The number of hydrogen-bond acceptors (Lipinski definition) is 3. The van der Waals surface area contributed by atoms with E-state index in [0.717, 1.165) is 12.0 Å². The second-order valence-corrected chi connectivity index (χ2v) is 7.39. The van der Waals surface area contributed by atoms with Gasteiger partial charge in [-0.25, -0.2) is 0 Å². The second-order valence-electron chi connectivity index (χ2n) is 7.39. The van der Waals surface area contributed by atoms with Crippen molar-refractivity contribution in [3.05, 3.63) is 0 Å². The molecule has 0 aromatic rings. The Morgan fingerprint density at radius 1 is 0.750 bits per heavy atom. The predicted molar refractivity (Wildman–Crippen MR) is 85.1 cm³/mol. The molecule has 0 aliphatic carbocycles. The van der Waals surface area contributed by atoms with E-state index in [1.807, 2.05) is 0 Å². The molecule has 3 rings (SSSR count). The highest BCUT2D eigenvalue weighted by Gasteiger charge is 2.27. The van der Waals surface area contributed by atoms with E-state index in [2.05, 4.69) is 21.6 Å². The van der Waals surface area contributed by atoms with Gasteiger partial charge in [-0.1, -0.05) is 6.92 Å². The van der Waals surface area contributed by atoms with Crippen molar-refractivity contribution >= 4 is 0 Å². The van der Waals surface area contributed by atoms with Crippen molar-refractivity contribution in [3.63, 3.8) is 0 Å². The average Bonchev–Trinajstić information content (AvgIpc) is 3.00. The molecule has 0 radical (unpaired) electrons. The highest BCUT2D eigenvalue weighted by atomic mass is 15.3. The molecule has 3 nitrogen and oxygen atoms in total. The monoisotopic (exact) mass is 279 g/mol. The molecule has 116 valence electrons. The standard InChI is InChI=1S/C17H33N3/c1-16-6-4-8-18(14-16)12-13-19-9-5-7-17(15-19)20-10-2-3-11-20/h16-17H,2-15H2,1H3. The second kappa shape index (κ2) is 7.24. The molecule has 0 bridgehead atoms. The molecule has 0 aromatic carbocycles. The molecular weight excluding hydrogens is 246 g/mol. The van der Waals surface area contributed by atoms with Gasteiger partial charge >= 0.3 is 0 Å². The molecule has 3 fully saturated rings. The van der Waals surface area contributed by atoms with Gasteiger partial charge in [-0.15, -0.1) is 0 Å². The Balaban J connectivity index is 1.40. The summed E-state index contributed by atoms with van der Waals surface area (Å²) in [6.07, 6.45) is 8.58. The van der Waals surface area contributed by atoms with E-state index in [1.54, 1.807) is 0 Å². The van der Waals surface area contributed by atoms with Crippen molar-refractivity contribution in [3.8, 4) is 0 Å². The van der Waals surface area contributed by atoms with Gasteiger partial charge in [0.1, 0.15) is 0 Å². The molecule has 3 aliphatic heterocycles. The van der Waals surface area contributed by atoms with E-state index in [9.17, 15) is 0 Å². The molecule has 0 spiro atoms. The number of likely N-dealkylation sites (tertiary alicyclic amines) is 3. The molecule has 2 atom stereocenters. The molecule has 0 N–H and O–H groups in total. The zero-order chi connectivity index (χ0) is 13.8. The van der Waals surface area contributed by atoms with Crippen molar-refractivity contribution in [2.45, 2.75) is 51.5 Å². The van der Waals surface area contributed by atoms with Gasteiger partial charge in [0.15, 0.2) is 0 Å². The molecule has 3 heterocycles. The Hall–Kier alpha value is -0.120. The summed E-state index contributed by atoms with van der Waals surface area (Å²) < 4.78 is 0. The lowest BCUT2D eigenvalue weighted by Gasteiger charge is -2.39. The van der Waals surface area contributed by atoms with E-state index >= 15 is 0 Å². The minimum atomic E-state index is 0.867. The van der Waals surface area contributed by atoms with Crippen molar-refractivity contribution in [1.29, 1.82) is 0 Å². The third-order valence-electron chi connectivity index (χ3n) is 5.61. The van der Waals surface area contributed by atoms with Crippen LogP contribution in [-0.4, -0.2) is 73.1 Å². The van der Waals surface area contributed by atoms with Crippen LogP contribution in [0, 0.1) is 5.92 Å². The fraction of sp³-hybridized carbons (Fsp3) is 1.00. The van der Waals surface area contributed by atoms with Crippen LogP contribution < -0.4 is 0 Å². The maximum absolute atomic E-state index is 2.76. The normalized spacial score (nSPS) is 34.6. The van der Waals surface area contributed by atoms with Crippen molar-refractivity contribution in [2.75, 3.05) is 52.4 Å². The van der Waals surface area contributed by atoms with Crippen LogP contribution in [0.3, 0.4) is 0 Å². The highest BCUT2D eigenvalue weighted by Crippen LogP contribution is 2.21. The van der Waals surface area contributed by atoms with Crippen LogP contribution >= 0.6 is 0 Å². The summed E-state index contributed by atoms with van der Waals surface area (Å²) in [6.45, 7) is 13.1. The van der Waals surface area contributed by atoms with Crippen LogP contribution in [0.1, 0.15) is 45.4 Å². The Bertz CT molecular complexity index is 288. The van der Waals surface area contributed by atoms with E-state index in [0.29, 0.717) is 0 Å². The number of nitrogens with zero attached hydrogens (tertiary/aromatic N) is 3. The quantitative estimate of drug-likeness (QED) is 0.782. The van der Waals surface area contributed by atoms with Gasteiger partial charge in [0.05, 0.1) is 0 Å². The smallest absolute Gasteiger partial charge is 0.0223 e. The summed E-state index contributed by atoms with van der Waals surface area (Å²) in [5.41, 5.74) is 0. The maximum atomic E-state index is 2.76. The molecule has 20 heavy (non-hydrogen) atoms. The van der Waals surface area contributed by atoms with Gasteiger partial charge in [0.25, 0.3) is 0 Å². The third kappa shape index (κ3) is 3.96. The van der Waals surface area contributed by atoms with Gasteiger partial charge in [0.2, 0.25) is 0 Å². The lowest BCUT2D eigenvalue weighted by atomic mass is 10.0. The van der Waals surface area contributed by atoms with Crippen LogP contribution in [-0.2, 0) is 0 Å². The highest BCUT2D eigenvalue weighted by molar-refractivity contribution is 4.84. The fourth-order valence-electron chi connectivity index (χ4n) is 4.41. The number of rotatable bonds is 4. The van der Waals surface area contributed by atoms with Gasteiger partial charge in [-0.05, 0) is 70.6 Å². The van der Waals surface area contributed by atoms with Crippen LogP contribution in [0.15, 0.2) is 0 Å². The Kier molecular flexibility index (Phi) is 5.36. The van der Waals surface area contributed by atoms with Crippen LogP contribution in [0.2, 0.25) is 0 Å². The summed E-state index contributed by atoms with van der Waals surface area (Å²) in [5.74, 6) is 0.919. The van der Waals surface area contributed by atoms with Gasteiger partial charge < -0.3 is 9.80 Å². The molecule has 0 amide bonds. The summed E-state index contributed by atoms with van der Waals surface area (Å²) in [5, 5.41) is 0. The van der Waals surface area contributed by atoms with E-state index in [1.165, 1.54) is 90.9 Å². The van der Waals surface area contributed by atoms with Crippen LogP contribution in [0.4, 0.5) is 0 Å². The van der Waals surface area contributed by atoms with Crippen molar-refractivity contribution in [2.24, 2.45) is 5.92 Å². The first-order valence-corrected chi connectivity index (χ1v) is 9.00. The first kappa shape index (κ1) is 14.8. The SMILES string of the molecule is CC1CCCN(CCN2CCCC(N3CCCC3)C2)C1. The molecule has 0 saturated carbocycles. The lowest BCUT2D eigenvalue weighted by Crippen LogP contribution is -2.49. The van der Waals surface area contributed by atoms with E-state index < -0.39 is 0 Å². The maximum Gasteiger partial charge on any atom is 0.0223 e. The summed E-state index contributed by atoms with van der Waals surface area (Å²) in [6, 6.07) is 0.867. The Morgan fingerprint density at radius 3 is 2.10 bits per heavy atom. The largest absolute Gasteiger partial charge is 0.302 e. The first-order valence-electron chi connectivity index (χ1n) is 9.00. The minimum absolute atomic E-state index is 0.867. The zero-order valence-corrected chi connectivity index (χ0v) is 13.4. The van der Waals surface area contributed by atoms with E-state index in [4.69, 9.17) is 0 Å². The Labute approximate surface area is 125 Å². The molecular formula is C17H33N3. The van der Waals surface area contributed by atoms with Crippen LogP contribution in [0.25, 0.3) is 0 Å². The first-order chi connectivity index (χ1) is 9.81. The average molecular weight is 279 g/mol. The number of piperidine rings is 2. The molecule has 3 saturated heterocycles. The third-order valence-corrected chi connectivity index (χ3v) is 5.61. The zero-order valence-electron chi connectivity index (χ0n) is 13.4. The van der Waals surface area contributed by atoms with Crippen molar-refractivity contribution < 1.29 is 0 Å². The molecule has 3 aliphatic rings. The van der Waals surface area contributed by atoms with Gasteiger partial charge in [-0.3, -0.25) is 4.90 Å². The molecule has 2 unspecified atom stereocenters. The summed E-state index contributed by atoms with van der Waals surface area (Å²) >= 11 is 0. The topological polar surface area (TPSA) is 9.72 Å². The lowest BCUT2D eigenvalue weighted by molar-refractivity contribution is 0.0958.